The lowest BCUT2D eigenvalue weighted by molar-refractivity contribution is 1.25. The second kappa shape index (κ2) is 2.79. The van der Waals surface area contributed by atoms with Gasteiger partial charge in [-0.1, -0.05) is 18.2 Å². The average molecular weight is 199 g/mol. The SMILES string of the molecule is Cc1nccc2c1sc1ccccc12. The molecular formula is C12H9NS. The van der Waals surface area contributed by atoms with E-state index in [1.54, 1.807) is 0 Å². The van der Waals surface area contributed by atoms with E-state index in [9.17, 15) is 0 Å². The summed E-state index contributed by atoms with van der Waals surface area (Å²) in [5.41, 5.74) is 1.13. The lowest BCUT2D eigenvalue weighted by Crippen LogP contribution is -1.76. The molecule has 2 heteroatoms. The quantitative estimate of drug-likeness (QED) is 0.537. The Hall–Kier alpha value is -1.41. The summed E-state index contributed by atoms with van der Waals surface area (Å²) < 4.78 is 2.66. The maximum Gasteiger partial charge on any atom is 0.0568 e. The molecule has 68 valence electrons. The van der Waals surface area contributed by atoms with Gasteiger partial charge in [0.05, 0.1) is 10.4 Å². The van der Waals surface area contributed by atoms with E-state index in [-0.39, 0.29) is 0 Å². The molecule has 0 spiro atoms. The fourth-order valence-corrected chi connectivity index (χ4v) is 2.92. The molecule has 0 aliphatic carbocycles. The summed E-state index contributed by atoms with van der Waals surface area (Å²) >= 11 is 1.83. The minimum Gasteiger partial charge on any atom is -0.260 e. The van der Waals surface area contributed by atoms with E-state index >= 15 is 0 Å². The molecule has 3 aromatic rings. The van der Waals surface area contributed by atoms with Crippen molar-refractivity contribution in [2.45, 2.75) is 6.92 Å². The van der Waals surface area contributed by atoms with Gasteiger partial charge < -0.3 is 0 Å². The highest BCUT2D eigenvalue weighted by molar-refractivity contribution is 7.26. The Kier molecular flexibility index (Phi) is 1.58. The number of aromatic nitrogens is 1. The van der Waals surface area contributed by atoms with Gasteiger partial charge in [0.2, 0.25) is 0 Å². The van der Waals surface area contributed by atoms with Gasteiger partial charge in [-0.05, 0) is 19.1 Å². The van der Waals surface area contributed by atoms with Crippen LogP contribution in [0, 0.1) is 6.92 Å². The highest BCUT2D eigenvalue weighted by Crippen LogP contribution is 2.34. The van der Waals surface area contributed by atoms with Gasteiger partial charge in [-0.3, -0.25) is 4.98 Å². The van der Waals surface area contributed by atoms with Gasteiger partial charge in [0.25, 0.3) is 0 Å². The summed E-state index contributed by atoms with van der Waals surface area (Å²) in [5, 5.41) is 2.68. The summed E-state index contributed by atoms with van der Waals surface area (Å²) in [6, 6.07) is 10.6. The van der Waals surface area contributed by atoms with Crippen molar-refractivity contribution in [3.8, 4) is 0 Å². The van der Waals surface area contributed by atoms with Gasteiger partial charge in [0.1, 0.15) is 0 Å². The Bertz CT molecular complexity index is 610. The molecule has 0 unspecified atom stereocenters. The third kappa shape index (κ3) is 0.976. The van der Waals surface area contributed by atoms with Gasteiger partial charge in [0.15, 0.2) is 0 Å². The first kappa shape index (κ1) is 7.94. The Balaban J connectivity index is 2.63. The molecule has 0 atom stereocenters. The third-order valence-corrected chi connectivity index (χ3v) is 3.77. The van der Waals surface area contributed by atoms with Gasteiger partial charge in [-0.2, -0.15) is 0 Å². The average Bonchev–Trinajstić information content (AvgIpc) is 2.59. The van der Waals surface area contributed by atoms with E-state index < -0.39 is 0 Å². The second-order valence-corrected chi connectivity index (χ2v) is 4.42. The molecule has 0 fully saturated rings. The van der Waals surface area contributed by atoms with Crippen LogP contribution in [0.5, 0.6) is 0 Å². The Morgan fingerprint density at radius 1 is 1.07 bits per heavy atom. The number of rotatable bonds is 0. The first-order valence-corrected chi connectivity index (χ1v) is 5.41. The van der Waals surface area contributed by atoms with Crippen LogP contribution in [0.4, 0.5) is 0 Å². The van der Waals surface area contributed by atoms with Crippen molar-refractivity contribution in [3.63, 3.8) is 0 Å². The molecule has 1 nitrogen and oxygen atoms in total. The largest absolute Gasteiger partial charge is 0.260 e. The van der Waals surface area contributed by atoms with Crippen molar-refractivity contribution in [1.82, 2.24) is 4.98 Å². The second-order valence-electron chi connectivity index (χ2n) is 3.37. The van der Waals surface area contributed by atoms with Gasteiger partial charge in [-0.25, -0.2) is 0 Å². The molecule has 1 aromatic carbocycles. The predicted molar refractivity (Wildman–Crippen MR) is 61.9 cm³/mol. The molecule has 0 saturated heterocycles. The van der Waals surface area contributed by atoms with E-state index in [1.165, 1.54) is 20.2 Å². The highest BCUT2D eigenvalue weighted by atomic mass is 32.1. The number of hydrogen-bond donors (Lipinski definition) is 0. The van der Waals surface area contributed by atoms with Crippen LogP contribution in [-0.4, -0.2) is 4.98 Å². The topological polar surface area (TPSA) is 12.9 Å². The summed E-state index contributed by atoms with van der Waals surface area (Å²) in [4.78, 5) is 4.31. The highest BCUT2D eigenvalue weighted by Gasteiger charge is 2.05. The van der Waals surface area contributed by atoms with Crippen molar-refractivity contribution in [1.29, 1.82) is 0 Å². The molecule has 2 aromatic heterocycles. The summed E-state index contributed by atoms with van der Waals surface area (Å²) in [6.45, 7) is 2.07. The molecule has 0 amide bonds. The zero-order valence-corrected chi connectivity index (χ0v) is 8.64. The van der Waals surface area contributed by atoms with Crippen LogP contribution in [0.1, 0.15) is 5.69 Å². The Labute approximate surface area is 86.0 Å². The van der Waals surface area contributed by atoms with E-state index in [2.05, 4.69) is 42.2 Å². The third-order valence-electron chi connectivity index (χ3n) is 2.47. The summed E-state index contributed by atoms with van der Waals surface area (Å²) in [6.07, 6.45) is 1.89. The number of nitrogens with zero attached hydrogens (tertiary/aromatic N) is 1. The number of hydrogen-bond acceptors (Lipinski definition) is 2. The lowest BCUT2D eigenvalue weighted by atomic mass is 10.2. The number of aryl methyl sites for hydroxylation is 1. The molecule has 0 aliphatic heterocycles. The number of benzene rings is 1. The standard InChI is InChI=1S/C12H9NS/c1-8-12-10(6-7-13-8)9-4-2-3-5-11(9)14-12/h2-7H,1H3. The molecule has 0 radical (unpaired) electrons. The van der Waals surface area contributed by atoms with Crippen LogP contribution in [0.2, 0.25) is 0 Å². The summed E-state index contributed by atoms with van der Waals surface area (Å²) in [5.74, 6) is 0. The van der Waals surface area contributed by atoms with Crippen molar-refractivity contribution in [3.05, 3.63) is 42.2 Å². The van der Waals surface area contributed by atoms with Crippen molar-refractivity contribution < 1.29 is 0 Å². The normalized spacial score (nSPS) is 11.2. The number of thiophene rings is 1. The molecule has 0 aliphatic rings. The fourth-order valence-electron chi connectivity index (χ4n) is 1.78. The van der Waals surface area contributed by atoms with Crippen molar-refractivity contribution in [2.75, 3.05) is 0 Å². The first-order valence-electron chi connectivity index (χ1n) is 4.59. The molecular weight excluding hydrogens is 190 g/mol. The van der Waals surface area contributed by atoms with E-state index in [1.807, 2.05) is 17.5 Å². The zero-order chi connectivity index (χ0) is 9.54. The zero-order valence-electron chi connectivity index (χ0n) is 7.82. The van der Waals surface area contributed by atoms with Crippen LogP contribution >= 0.6 is 11.3 Å². The maximum atomic E-state index is 4.31. The summed E-state index contributed by atoms with van der Waals surface area (Å²) in [7, 11) is 0. The molecule has 0 N–H and O–H groups in total. The van der Waals surface area contributed by atoms with E-state index in [4.69, 9.17) is 0 Å². The minimum absolute atomic E-state index is 1.13. The van der Waals surface area contributed by atoms with Gasteiger partial charge in [0, 0.05) is 21.7 Å². The van der Waals surface area contributed by atoms with Crippen LogP contribution < -0.4 is 0 Å². The van der Waals surface area contributed by atoms with Crippen molar-refractivity contribution in [2.24, 2.45) is 0 Å². The van der Waals surface area contributed by atoms with Crippen LogP contribution in [0.25, 0.3) is 20.2 Å². The lowest BCUT2D eigenvalue weighted by Gasteiger charge is -1.92. The van der Waals surface area contributed by atoms with Crippen LogP contribution in [-0.2, 0) is 0 Å². The molecule has 14 heavy (non-hydrogen) atoms. The van der Waals surface area contributed by atoms with Crippen LogP contribution in [0.15, 0.2) is 36.5 Å². The fraction of sp³-hybridized carbons (Fsp3) is 0.0833. The maximum absolute atomic E-state index is 4.31. The Morgan fingerprint density at radius 3 is 2.86 bits per heavy atom. The smallest absolute Gasteiger partial charge is 0.0568 e. The minimum atomic E-state index is 1.13. The van der Waals surface area contributed by atoms with Crippen LogP contribution in [0.3, 0.4) is 0 Å². The first-order chi connectivity index (χ1) is 6.86. The molecule has 2 heterocycles. The predicted octanol–water partition coefficient (Wildman–Crippen LogP) is 3.76. The van der Waals surface area contributed by atoms with Gasteiger partial charge >= 0.3 is 0 Å². The van der Waals surface area contributed by atoms with E-state index in [0.717, 1.165) is 5.69 Å². The Morgan fingerprint density at radius 2 is 1.93 bits per heavy atom. The monoisotopic (exact) mass is 199 g/mol. The molecule has 0 bridgehead atoms. The molecule has 3 rings (SSSR count). The van der Waals surface area contributed by atoms with Gasteiger partial charge in [-0.15, -0.1) is 11.3 Å². The number of pyridine rings is 1. The van der Waals surface area contributed by atoms with E-state index in [0.29, 0.717) is 0 Å². The molecule has 0 saturated carbocycles. The number of fused-ring (bicyclic) bond motifs is 3. The van der Waals surface area contributed by atoms with Crippen molar-refractivity contribution >= 4 is 31.5 Å².